The van der Waals surface area contributed by atoms with Crippen molar-refractivity contribution in [1.82, 2.24) is 5.32 Å². The number of nitrogens with one attached hydrogen (secondary N) is 1. The number of aliphatic hydroxyl groups is 1. The Morgan fingerprint density at radius 2 is 1.09 bits per heavy atom. The third kappa shape index (κ3) is 40.6. The number of hydrogen-bond donors (Lipinski definition) is 2. The normalized spacial score (nSPS) is 14.8. The fraction of sp³-hybridized carbons (Fsp3) is 0.809. The zero-order valence-electron chi connectivity index (χ0n) is 37.1. The van der Waals surface area contributed by atoms with Crippen LogP contribution in [0.25, 0.3) is 0 Å². The SMILES string of the molecule is CC/C=C\C/C=C\C/C=C\C/C=C\CCCCCCCCCCCCC(=O)NC(COP(=O)([O-])OCC[N+](C)(C)C)C(O)CCCCCCCCCCCCC. The minimum atomic E-state index is -4.56. The Hall–Kier alpha value is -1.54. The van der Waals surface area contributed by atoms with Gasteiger partial charge < -0.3 is 28.8 Å². The van der Waals surface area contributed by atoms with Gasteiger partial charge in [0, 0.05) is 6.42 Å². The first-order valence-electron chi connectivity index (χ1n) is 23.0. The third-order valence-electron chi connectivity index (χ3n) is 10.1. The van der Waals surface area contributed by atoms with Crippen molar-refractivity contribution >= 4 is 13.7 Å². The van der Waals surface area contributed by atoms with Gasteiger partial charge >= 0.3 is 0 Å². The smallest absolute Gasteiger partial charge is 0.268 e. The molecule has 3 unspecified atom stereocenters. The van der Waals surface area contributed by atoms with E-state index in [1.807, 2.05) is 21.1 Å². The Balaban J connectivity index is 4.25. The highest BCUT2D eigenvalue weighted by atomic mass is 31.2. The molecule has 0 aromatic carbocycles. The largest absolute Gasteiger partial charge is 0.756 e. The molecule has 0 aliphatic carbocycles. The number of hydrogen-bond acceptors (Lipinski definition) is 6. The molecule has 0 spiro atoms. The van der Waals surface area contributed by atoms with E-state index in [0.29, 0.717) is 23.9 Å². The third-order valence-corrected chi connectivity index (χ3v) is 11.0. The molecule has 0 saturated carbocycles. The molecule has 0 saturated heterocycles. The summed E-state index contributed by atoms with van der Waals surface area (Å²) in [5.74, 6) is -0.173. The average Bonchev–Trinajstić information content (AvgIpc) is 3.15. The lowest BCUT2D eigenvalue weighted by molar-refractivity contribution is -0.870. The Morgan fingerprint density at radius 1 is 0.643 bits per heavy atom. The Kier molecular flexibility index (Phi) is 37.9. The Morgan fingerprint density at radius 3 is 1.59 bits per heavy atom. The minimum Gasteiger partial charge on any atom is -0.756 e. The summed E-state index contributed by atoms with van der Waals surface area (Å²) < 4.78 is 23.2. The molecule has 0 bridgehead atoms. The number of rotatable bonds is 41. The van der Waals surface area contributed by atoms with Gasteiger partial charge in [-0.25, -0.2) is 0 Å². The second-order valence-corrected chi connectivity index (χ2v) is 18.1. The van der Waals surface area contributed by atoms with Gasteiger partial charge in [0.05, 0.1) is 39.9 Å². The monoisotopic (exact) mass is 809 g/mol. The van der Waals surface area contributed by atoms with Crippen molar-refractivity contribution in [3.63, 3.8) is 0 Å². The van der Waals surface area contributed by atoms with Crippen molar-refractivity contribution in [2.45, 2.75) is 206 Å². The molecule has 328 valence electrons. The standard InChI is InChI=1S/C47H89N2O6P/c1-6-8-10-12-14-16-18-19-20-21-22-23-24-25-26-27-28-29-31-33-35-37-39-41-47(51)48-45(44-55-56(52,53)54-43-42-49(3,4)5)46(50)40-38-36-34-32-30-17-15-13-11-9-7-2/h8,10,14,16,19-20,22-23,45-46,50H,6-7,9,11-13,15,17-18,21,24-44H2,1-5H3,(H-,48,51,52,53)/b10-8-,16-14-,20-19-,23-22-. The number of quaternary nitrogens is 1. The molecule has 2 N–H and O–H groups in total. The molecule has 1 amide bonds. The van der Waals surface area contributed by atoms with Crippen LogP contribution in [0.4, 0.5) is 0 Å². The highest BCUT2D eigenvalue weighted by Gasteiger charge is 2.24. The second kappa shape index (κ2) is 38.9. The Labute approximate surface area is 346 Å². The number of phosphoric acid groups is 1. The van der Waals surface area contributed by atoms with Crippen LogP contribution in [0.2, 0.25) is 0 Å². The van der Waals surface area contributed by atoms with Gasteiger partial charge in [0.15, 0.2) is 0 Å². The van der Waals surface area contributed by atoms with Gasteiger partial charge in [0.2, 0.25) is 5.91 Å². The molecule has 3 atom stereocenters. The highest BCUT2D eigenvalue weighted by Crippen LogP contribution is 2.38. The van der Waals surface area contributed by atoms with E-state index < -0.39 is 20.0 Å². The quantitative estimate of drug-likeness (QED) is 0.0276. The fourth-order valence-electron chi connectivity index (χ4n) is 6.44. The van der Waals surface area contributed by atoms with Gasteiger partial charge in [-0.1, -0.05) is 184 Å². The lowest BCUT2D eigenvalue weighted by Gasteiger charge is -2.30. The summed E-state index contributed by atoms with van der Waals surface area (Å²) in [6.45, 7) is 4.58. The minimum absolute atomic E-state index is 0.00977. The lowest BCUT2D eigenvalue weighted by atomic mass is 10.0. The van der Waals surface area contributed by atoms with Crippen molar-refractivity contribution in [2.75, 3.05) is 40.9 Å². The zero-order chi connectivity index (χ0) is 41.4. The summed E-state index contributed by atoms with van der Waals surface area (Å²) in [5.41, 5.74) is 0. The van der Waals surface area contributed by atoms with Crippen molar-refractivity contribution < 1.29 is 32.9 Å². The summed E-state index contributed by atoms with van der Waals surface area (Å²) in [7, 11) is 1.30. The van der Waals surface area contributed by atoms with Crippen molar-refractivity contribution in [2.24, 2.45) is 0 Å². The first-order chi connectivity index (χ1) is 27.0. The molecule has 0 aromatic heterocycles. The number of nitrogens with zero attached hydrogens (tertiary/aromatic N) is 1. The van der Waals surface area contributed by atoms with E-state index in [9.17, 15) is 19.4 Å². The van der Waals surface area contributed by atoms with Crippen LogP contribution in [-0.4, -0.2) is 68.5 Å². The molecule has 0 rings (SSSR count). The molecule has 0 fully saturated rings. The number of phosphoric ester groups is 1. The number of carbonyl (C=O) groups is 1. The first kappa shape index (κ1) is 54.5. The molecule has 0 radical (unpaired) electrons. The van der Waals surface area contributed by atoms with Gasteiger partial charge in [-0.05, 0) is 51.4 Å². The zero-order valence-corrected chi connectivity index (χ0v) is 38.0. The molecular weight excluding hydrogens is 719 g/mol. The second-order valence-electron chi connectivity index (χ2n) is 16.7. The predicted molar refractivity (Wildman–Crippen MR) is 238 cm³/mol. The highest BCUT2D eigenvalue weighted by molar-refractivity contribution is 7.45. The number of carbonyl (C=O) groups excluding carboxylic acids is 1. The molecule has 56 heavy (non-hydrogen) atoms. The summed E-state index contributed by atoms with van der Waals surface area (Å²) >= 11 is 0. The number of aliphatic hydroxyl groups excluding tert-OH is 1. The fourth-order valence-corrected chi connectivity index (χ4v) is 7.16. The van der Waals surface area contributed by atoms with Gasteiger partial charge in [0.25, 0.3) is 7.82 Å². The van der Waals surface area contributed by atoms with E-state index in [1.165, 1.54) is 103 Å². The summed E-state index contributed by atoms with van der Waals surface area (Å²) in [4.78, 5) is 25.3. The number of unbranched alkanes of at least 4 members (excludes halogenated alkanes) is 20. The van der Waals surface area contributed by atoms with E-state index in [1.54, 1.807) is 0 Å². The van der Waals surface area contributed by atoms with Gasteiger partial charge in [-0.3, -0.25) is 9.36 Å². The van der Waals surface area contributed by atoms with Crippen LogP contribution in [0.5, 0.6) is 0 Å². The topological polar surface area (TPSA) is 108 Å². The molecule has 0 aromatic rings. The predicted octanol–water partition coefficient (Wildman–Crippen LogP) is 12.2. The van der Waals surface area contributed by atoms with Crippen LogP contribution in [0, 0.1) is 0 Å². The maximum Gasteiger partial charge on any atom is 0.268 e. The summed E-state index contributed by atoms with van der Waals surface area (Å²) in [6, 6.07) is -0.802. The van der Waals surface area contributed by atoms with E-state index >= 15 is 0 Å². The summed E-state index contributed by atoms with van der Waals surface area (Å²) in [5, 5.41) is 13.9. The molecule has 8 nitrogen and oxygen atoms in total. The van der Waals surface area contributed by atoms with E-state index in [2.05, 4.69) is 67.8 Å². The van der Waals surface area contributed by atoms with Crippen LogP contribution >= 0.6 is 7.82 Å². The number of amides is 1. The molecule has 9 heteroatoms. The van der Waals surface area contributed by atoms with Crippen LogP contribution in [0.1, 0.15) is 194 Å². The van der Waals surface area contributed by atoms with Crippen molar-refractivity contribution in [1.29, 1.82) is 0 Å². The maximum atomic E-state index is 12.9. The average molecular weight is 809 g/mol. The summed E-state index contributed by atoms with van der Waals surface area (Å²) in [6.07, 6.45) is 48.3. The number of likely N-dealkylation sites (N-methyl/N-ethyl adjacent to an activating group) is 1. The lowest BCUT2D eigenvalue weighted by Crippen LogP contribution is -2.46. The van der Waals surface area contributed by atoms with Gasteiger partial charge in [0.1, 0.15) is 13.2 Å². The van der Waals surface area contributed by atoms with Crippen molar-refractivity contribution in [3.05, 3.63) is 48.6 Å². The van der Waals surface area contributed by atoms with E-state index in [4.69, 9.17) is 9.05 Å². The molecule has 0 heterocycles. The van der Waals surface area contributed by atoms with E-state index in [0.717, 1.165) is 64.2 Å². The number of allylic oxidation sites excluding steroid dienone is 8. The Bertz CT molecular complexity index is 1050. The van der Waals surface area contributed by atoms with Gasteiger partial charge in [-0.15, -0.1) is 0 Å². The van der Waals surface area contributed by atoms with Crippen LogP contribution in [0.15, 0.2) is 48.6 Å². The van der Waals surface area contributed by atoms with Crippen LogP contribution < -0.4 is 10.2 Å². The van der Waals surface area contributed by atoms with Gasteiger partial charge in [-0.2, -0.15) is 0 Å². The molecule has 0 aliphatic rings. The maximum absolute atomic E-state index is 12.9. The first-order valence-corrected chi connectivity index (χ1v) is 24.4. The molecular formula is C47H89N2O6P. The van der Waals surface area contributed by atoms with Crippen molar-refractivity contribution in [3.8, 4) is 0 Å². The van der Waals surface area contributed by atoms with Crippen LogP contribution in [0.3, 0.4) is 0 Å². The van der Waals surface area contributed by atoms with E-state index in [-0.39, 0.29) is 19.1 Å². The molecule has 0 aliphatic heterocycles. The van der Waals surface area contributed by atoms with Crippen LogP contribution in [-0.2, 0) is 18.4 Å².